The van der Waals surface area contributed by atoms with Crippen LogP contribution in [0.3, 0.4) is 0 Å². The van der Waals surface area contributed by atoms with Gasteiger partial charge in [-0.25, -0.2) is 0 Å². The largest absolute Gasteiger partial charge is 0.355 e. The molecular weight excluding hydrogens is 250 g/mol. The highest BCUT2D eigenvalue weighted by Gasteiger charge is 2.08. The van der Waals surface area contributed by atoms with Crippen LogP contribution in [0.4, 0.5) is 0 Å². The van der Waals surface area contributed by atoms with Crippen LogP contribution >= 0.6 is 0 Å². The van der Waals surface area contributed by atoms with Crippen molar-refractivity contribution in [2.24, 2.45) is 0 Å². The summed E-state index contributed by atoms with van der Waals surface area (Å²) >= 11 is 0. The number of likely N-dealkylation sites (N-methyl/N-ethyl adjacent to an activating group) is 1. The van der Waals surface area contributed by atoms with Gasteiger partial charge in [-0.3, -0.25) is 4.79 Å². The highest BCUT2D eigenvalue weighted by atomic mass is 16.1. The molecule has 0 fully saturated rings. The molecule has 2 rings (SSSR count). The van der Waals surface area contributed by atoms with Crippen molar-refractivity contribution in [2.75, 3.05) is 27.2 Å². The number of rotatable bonds is 5. The normalized spacial score (nSPS) is 11.0. The van der Waals surface area contributed by atoms with Gasteiger partial charge in [-0.2, -0.15) is 0 Å². The second kappa shape index (κ2) is 5.92. The molecule has 1 heterocycles. The number of carbonyl (C=O) groups excluding carboxylic acids is 1. The maximum absolute atomic E-state index is 12.1. The fraction of sp³-hybridized carbons (Fsp3) is 0.312. The number of fused-ring (bicyclic) bond motifs is 1. The number of aromatic amines is 1. The summed E-state index contributed by atoms with van der Waals surface area (Å²) in [5, 5.41) is 3.95. The molecule has 1 aromatic carbocycles. The van der Waals surface area contributed by atoms with Gasteiger partial charge in [0.1, 0.15) is 0 Å². The molecule has 1 aromatic heterocycles. The maximum atomic E-state index is 12.1. The predicted octanol–water partition coefficient (Wildman–Crippen LogP) is 2.49. The Labute approximate surface area is 119 Å². The number of amides is 1. The maximum Gasteiger partial charge on any atom is 0.251 e. The van der Waals surface area contributed by atoms with Gasteiger partial charge in [-0.15, -0.1) is 0 Å². The van der Waals surface area contributed by atoms with Crippen molar-refractivity contribution >= 4 is 22.4 Å². The average Bonchev–Trinajstić information content (AvgIpc) is 2.81. The van der Waals surface area contributed by atoms with Gasteiger partial charge in [0.2, 0.25) is 0 Å². The van der Waals surface area contributed by atoms with Gasteiger partial charge in [-0.1, -0.05) is 6.58 Å². The molecule has 2 aromatic rings. The van der Waals surface area contributed by atoms with Gasteiger partial charge < -0.3 is 15.2 Å². The van der Waals surface area contributed by atoms with E-state index in [0.717, 1.165) is 28.7 Å². The van der Waals surface area contributed by atoms with E-state index in [1.54, 1.807) is 0 Å². The number of nitrogens with one attached hydrogen (secondary N) is 2. The first-order chi connectivity index (χ1) is 9.47. The summed E-state index contributed by atoms with van der Waals surface area (Å²) in [6.07, 6.45) is 0. The second-order valence-corrected chi connectivity index (χ2v) is 5.32. The summed E-state index contributed by atoms with van der Waals surface area (Å²) in [7, 11) is 3.97. The third-order valence-corrected chi connectivity index (χ3v) is 3.19. The van der Waals surface area contributed by atoms with Gasteiger partial charge >= 0.3 is 0 Å². The molecule has 0 unspecified atom stereocenters. The number of hydrogen-bond acceptors (Lipinski definition) is 2. The zero-order valence-corrected chi connectivity index (χ0v) is 12.3. The Balaban J connectivity index is 2.14. The molecule has 0 atom stereocenters. The van der Waals surface area contributed by atoms with Crippen LogP contribution in [-0.2, 0) is 0 Å². The lowest BCUT2D eigenvalue weighted by molar-refractivity contribution is 0.0951. The SMILES string of the molecule is C=C(C)c1cc2cc(C(=O)NCCN(C)C)ccc2[nH]1. The van der Waals surface area contributed by atoms with E-state index in [1.807, 2.05) is 50.2 Å². The van der Waals surface area contributed by atoms with Crippen LogP contribution in [0.2, 0.25) is 0 Å². The van der Waals surface area contributed by atoms with Crippen LogP contribution in [0, 0.1) is 0 Å². The Morgan fingerprint density at radius 3 is 2.75 bits per heavy atom. The van der Waals surface area contributed by atoms with E-state index in [9.17, 15) is 4.79 Å². The van der Waals surface area contributed by atoms with Gasteiger partial charge in [0, 0.05) is 35.2 Å². The molecule has 1 amide bonds. The first-order valence-electron chi connectivity index (χ1n) is 6.69. The summed E-state index contributed by atoms with van der Waals surface area (Å²) in [4.78, 5) is 17.4. The van der Waals surface area contributed by atoms with E-state index < -0.39 is 0 Å². The average molecular weight is 271 g/mol. The Hall–Kier alpha value is -2.07. The van der Waals surface area contributed by atoms with Crippen LogP contribution in [0.5, 0.6) is 0 Å². The first-order valence-corrected chi connectivity index (χ1v) is 6.69. The third-order valence-electron chi connectivity index (χ3n) is 3.19. The van der Waals surface area contributed by atoms with Crippen LogP contribution < -0.4 is 5.32 Å². The quantitative estimate of drug-likeness (QED) is 0.877. The number of nitrogens with zero attached hydrogens (tertiary/aromatic N) is 1. The van der Waals surface area contributed by atoms with Gasteiger partial charge in [0.05, 0.1) is 0 Å². The smallest absolute Gasteiger partial charge is 0.251 e. The minimum atomic E-state index is -0.0353. The number of allylic oxidation sites excluding steroid dienone is 1. The molecule has 0 bridgehead atoms. The van der Waals surface area contributed by atoms with Crippen molar-refractivity contribution in [2.45, 2.75) is 6.92 Å². The van der Waals surface area contributed by atoms with E-state index in [-0.39, 0.29) is 5.91 Å². The monoisotopic (exact) mass is 271 g/mol. The molecule has 4 nitrogen and oxygen atoms in total. The number of carbonyl (C=O) groups is 1. The van der Waals surface area contributed by atoms with Gasteiger partial charge in [-0.05, 0) is 50.9 Å². The number of benzene rings is 1. The molecular formula is C16H21N3O. The Morgan fingerprint density at radius 2 is 2.10 bits per heavy atom. The molecule has 106 valence electrons. The molecule has 0 aliphatic carbocycles. The minimum Gasteiger partial charge on any atom is -0.355 e. The molecule has 0 saturated heterocycles. The molecule has 20 heavy (non-hydrogen) atoms. The van der Waals surface area contributed by atoms with E-state index in [4.69, 9.17) is 0 Å². The number of aromatic nitrogens is 1. The summed E-state index contributed by atoms with van der Waals surface area (Å²) in [6.45, 7) is 7.36. The van der Waals surface area contributed by atoms with Crippen molar-refractivity contribution in [1.29, 1.82) is 0 Å². The van der Waals surface area contributed by atoms with Crippen LogP contribution in [0.25, 0.3) is 16.5 Å². The fourth-order valence-electron chi connectivity index (χ4n) is 2.00. The summed E-state index contributed by atoms with van der Waals surface area (Å²) in [5.74, 6) is -0.0353. The number of H-pyrrole nitrogens is 1. The third kappa shape index (κ3) is 3.27. The molecule has 0 saturated carbocycles. The first kappa shape index (κ1) is 14.3. The highest BCUT2D eigenvalue weighted by molar-refractivity contribution is 5.98. The fourth-order valence-corrected chi connectivity index (χ4v) is 2.00. The standard InChI is InChI=1S/C16H21N3O/c1-11(2)15-10-13-9-12(5-6-14(13)18-15)16(20)17-7-8-19(3)4/h5-6,9-10,18H,1,7-8H2,2-4H3,(H,17,20). The van der Waals surface area contributed by atoms with Gasteiger partial charge in [0.15, 0.2) is 0 Å². The van der Waals surface area contributed by atoms with E-state index in [1.165, 1.54) is 0 Å². The van der Waals surface area contributed by atoms with E-state index in [2.05, 4.69) is 16.9 Å². The lowest BCUT2D eigenvalue weighted by Gasteiger charge is -2.10. The zero-order valence-electron chi connectivity index (χ0n) is 12.3. The second-order valence-electron chi connectivity index (χ2n) is 5.32. The number of hydrogen-bond donors (Lipinski definition) is 2. The topological polar surface area (TPSA) is 48.1 Å². The van der Waals surface area contributed by atoms with E-state index >= 15 is 0 Å². The lowest BCUT2D eigenvalue weighted by Crippen LogP contribution is -2.31. The van der Waals surface area contributed by atoms with Crippen LogP contribution in [0.15, 0.2) is 30.8 Å². The van der Waals surface area contributed by atoms with E-state index in [0.29, 0.717) is 12.1 Å². The lowest BCUT2D eigenvalue weighted by atomic mass is 10.1. The van der Waals surface area contributed by atoms with Crippen molar-refractivity contribution in [3.8, 4) is 0 Å². The summed E-state index contributed by atoms with van der Waals surface area (Å²) < 4.78 is 0. The molecule has 2 N–H and O–H groups in total. The van der Waals surface area contributed by atoms with Crippen LogP contribution in [0.1, 0.15) is 23.0 Å². The molecule has 0 spiro atoms. The summed E-state index contributed by atoms with van der Waals surface area (Å²) in [5.41, 5.74) is 3.69. The van der Waals surface area contributed by atoms with Crippen molar-refractivity contribution in [1.82, 2.24) is 15.2 Å². The summed E-state index contributed by atoms with van der Waals surface area (Å²) in [6, 6.07) is 7.70. The molecule has 0 aliphatic rings. The van der Waals surface area contributed by atoms with Gasteiger partial charge in [0.25, 0.3) is 5.91 Å². The molecule has 0 aliphatic heterocycles. The van der Waals surface area contributed by atoms with Crippen molar-refractivity contribution in [3.63, 3.8) is 0 Å². The minimum absolute atomic E-state index is 0.0353. The molecule has 0 radical (unpaired) electrons. The highest BCUT2D eigenvalue weighted by Crippen LogP contribution is 2.20. The molecule has 4 heteroatoms. The predicted molar refractivity (Wildman–Crippen MR) is 83.9 cm³/mol. The zero-order chi connectivity index (χ0) is 14.7. The Morgan fingerprint density at radius 1 is 1.35 bits per heavy atom. The van der Waals surface area contributed by atoms with Crippen molar-refractivity contribution in [3.05, 3.63) is 42.1 Å². The Bertz CT molecular complexity index is 640. The van der Waals surface area contributed by atoms with Crippen molar-refractivity contribution < 1.29 is 4.79 Å². The van der Waals surface area contributed by atoms with Crippen LogP contribution in [-0.4, -0.2) is 43.0 Å². The Kier molecular flexibility index (Phi) is 4.25.